The molecule has 2 rings (SSSR count). The van der Waals surface area contributed by atoms with Gasteiger partial charge in [-0.25, -0.2) is 0 Å². The molecule has 1 aliphatic carbocycles. The molecule has 4 heteroatoms. The van der Waals surface area contributed by atoms with Crippen LogP contribution < -0.4 is 10.6 Å². The lowest BCUT2D eigenvalue weighted by molar-refractivity contribution is 0.0329. The monoisotopic (exact) mass is 262 g/mol. The van der Waals surface area contributed by atoms with E-state index < -0.39 is 0 Å². The van der Waals surface area contributed by atoms with Crippen LogP contribution in [0.2, 0.25) is 0 Å². The van der Waals surface area contributed by atoms with Crippen molar-refractivity contribution in [2.24, 2.45) is 0 Å². The minimum Gasteiger partial charge on any atom is -0.382 e. The third-order valence-corrected chi connectivity index (χ3v) is 3.37. The number of carbonyl (C=O) groups is 1. The van der Waals surface area contributed by atoms with Gasteiger partial charge in [-0.2, -0.15) is 0 Å². The van der Waals surface area contributed by atoms with Gasteiger partial charge in [-0.3, -0.25) is 4.79 Å². The quantitative estimate of drug-likeness (QED) is 0.856. The van der Waals surface area contributed by atoms with Gasteiger partial charge < -0.3 is 15.4 Å². The molecule has 0 radical (unpaired) electrons. The molecule has 0 saturated heterocycles. The van der Waals surface area contributed by atoms with E-state index in [-0.39, 0.29) is 11.9 Å². The molecule has 2 N–H and O–H groups in total. The molecule has 1 aliphatic rings. The second-order valence-electron chi connectivity index (χ2n) is 5.38. The smallest absolute Gasteiger partial charge is 0.251 e. The Kier molecular flexibility index (Phi) is 4.43. The summed E-state index contributed by atoms with van der Waals surface area (Å²) in [5.41, 5.74) is 1.75. The summed E-state index contributed by atoms with van der Waals surface area (Å²) in [6.07, 6.45) is 2.49. The highest BCUT2D eigenvalue weighted by atomic mass is 16.5. The van der Waals surface area contributed by atoms with Gasteiger partial charge in [0.15, 0.2) is 0 Å². The third kappa shape index (κ3) is 3.70. The van der Waals surface area contributed by atoms with Crippen LogP contribution in [0.3, 0.4) is 0 Å². The zero-order chi connectivity index (χ0) is 13.8. The van der Waals surface area contributed by atoms with E-state index in [0.29, 0.717) is 17.7 Å². The zero-order valence-electron chi connectivity index (χ0n) is 11.8. The Labute approximate surface area is 114 Å². The highest BCUT2D eigenvalue weighted by Crippen LogP contribution is 2.26. The number of nitrogens with one attached hydrogen (secondary N) is 2. The molecule has 1 aromatic rings. The summed E-state index contributed by atoms with van der Waals surface area (Å²) in [7, 11) is 1.75. The molecular weight excluding hydrogens is 240 g/mol. The van der Waals surface area contributed by atoms with Crippen LogP contribution in [0.1, 0.15) is 37.0 Å². The Balaban J connectivity index is 1.86. The van der Waals surface area contributed by atoms with Gasteiger partial charge in [0.1, 0.15) is 0 Å². The van der Waals surface area contributed by atoms with Crippen LogP contribution in [0.15, 0.2) is 24.3 Å². The summed E-state index contributed by atoms with van der Waals surface area (Å²) in [4.78, 5) is 11.8. The Morgan fingerprint density at radius 3 is 2.42 bits per heavy atom. The molecule has 0 bridgehead atoms. The van der Waals surface area contributed by atoms with Crippen molar-refractivity contribution >= 4 is 11.6 Å². The lowest BCUT2D eigenvalue weighted by Crippen LogP contribution is -2.40. The molecule has 0 unspecified atom stereocenters. The summed E-state index contributed by atoms with van der Waals surface area (Å²) in [6.45, 7) is 3.91. The van der Waals surface area contributed by atoms with Crippen LogP contribution in [-0.4, -0.2) is 31.2 Å². The van der Waals surface area contributed by atoms with Gasteiger partial charge in [0.05, 0.1) is 6.10 Å². The standard InChI is InChI=1S/C15H22N2O2/c1-10(2)16-15(18)11-4-6-12(7-5-11)17-13-8-14(9-13)19-3/h4-7,10,13-14,17H,8-9H2,1-3H3,(H,16,18). The highest BCUT2D eigenvalue weighted by molar-refractivity contribution is 5.94. The first-order valence-corrected chi connectivity index (χ1v) is 6.78. The topological polar surface area (TPSA) is 50.4 Å². The van der Waals surface area contributed by atoms with Gasteiger partial charge in [0, 0.05) is 30.4 Å². The molecule has 0 heterocycles. The fraction of sp³-hybridized carbons (Fsp3) is 0.533. The van der Waals surface area contributed by atoms with E-state index >= 15 is 0 Å². The largest absolute Gasteiger partial charge is 0.382 e. The number of rotatable bonds is 5. The van der Waals surface area contributed by atoms with Gasteiger partial charge in [0.25, 0.3) is 5.91 Å². The molecule has 0 aromatic heterocycles. The molecule has 104 valence electrons. The Bertz CT molecular complexity index is 422. The summed E-state index contributed by atoms with van der Waals surface area (Å²) >= 11 is 0. The lowest BCUT2D eigenvalue weighted by atomic mass is 9.89. The maximum absolute atomic E-state index is 11.8. The number of methoxy groups -OCH3 is 1. The molecule has 1 fully saturated rings. The van der Waals surface area contributed by atoms with E-state index in [1.165, 1.54) is 0 Å². The number of ether oxygens (including phenoxy) is 1. The number of hydrogen-bond acceptors (Lipinski definition) is 3. The summed E-state index contributed by atoms with van der Waals surface area (Å²) in [6, 6.07) is 8.26. The number of amides is 1. The van der Waals surface area contributed by atoms with Gasteiger partial charge in [-0.1, -0.05) is 0 Å². The van der Waals surface area contributed by atoms with Crippen LogP contribution in [0.4, 0.5) is 5.69 Å². The number of anilines is 1. The predicted molar refractivity (Wildman–Crippen MR) is 76.5 cm³/mol. The molecule has 0 spiro atoms. The van der Waals surface area contributed by atoms with Crippen molar-refractivity contribution in [3.8, 4) is 0 Å². The molecule has 0 aliphatic heterocycles. The van der Waals surface area contributed by atoms with Crippen LogP contribution in [0.5, 0.6) is 0 Å². The van der Waals surface area contributed by atoms with Crippen molar-refractivity contribution in [1.29, 1.82) is 0 Å². The van der Waals surface area contributed by atoms with Crippen LogP contribution in [-0.2, 0) is 4.74 Å². The van der Waals surface area contributed by atoms with Crippen molar-refractivity contribution in [2.45, 2.75) is 44.9 Å². The van der Waals surface area contributed by atoms with Gasteiger partial charge in [0.2, 0.25) is 0 Å². The van der Waals surface area contributed by atoms with E-state index in [0.717, 1.165) is 18.5 Å². The Morgan fingerprint density at radius 2 is 1.89 bits per heavy atom. The van der Waals surface area contributed by atoms with Gasteiger partial charge >= 0.3 is 0 Å². The molecule has 1 amide bonds. The van der Waals surface area contributed by atoms with E-state index in [9.17, 15) is 4.79 Å². The van der Waals surface area contributed by atoms with Crippen molar-refractivity contribution in [1.82, 2.24) is 5.32 Å². The predicted octanol–water partition coefficient (Wildman–Crippen LogP) is 2.41. The average molecular weight is 262 g/mol. The average Bonchev–Trinajstić information content (AvgIpc) is 2.33. The number of hydrogen-bond donors (Lipinski definition) is 2. The molecule has 1 saturated carbocycles. The van der Waals surface area contributed by atoms with E-state index in [4.69, 9.17) is 4.74 Å². The highest BCUT2D eigenvalue weighted by Gasteiger charge is 2.28. The summed E-state index contributed by atoms with van der Waals surface area (Å²) < 4.78 is 5.25. The van der Waals surface area contributed by atoms with Crippen LogP contribution >= 0.6 is 0 Å². The van der Waals surface area contributed by atoms with E-state index in [1.807, 2.05) is 38.1 Å². The van der Waals surface area contributed by atoms with E-state index in [2.05, 4.69) is 10.6 Å². The fourth-order valence-corrected chi connectivity index (χ4v) is 2.17. The SMILES string of the molecule is COC1CC(Nc2ccc(C(=O)NC(C)C)cc2)C1. The van der Waals surface area contributed by atoms with Crippen molar-refractivity contribution in [3.63, 3.8) is 0 Å². The molecule has 0 atom stereocenters. The van der Waals surface area contributed by atoms with Crippen molar-refractivity contribution in [2.75, 3.05) is 12.4 Å². The van der Waals surface area contributed by atoms with Crippen molar-refractivity contribution in [3.05, 3.63) is 29.8 Å². The summed E-state index contributed by atoms with van der Waals surface area (Å²) in [5, 5.41) is 6.32. The molecule has 1 aromatic carbocycles. The first-order valence-electron chi connectivity index (χ1n) is 6.78. The number of carbonyl (C=O) groups excluding carboxylic acids is 1. The molecule has 4 nitrogen and oxygen atoms in total. The maximum Gasteiger partial charge on any atom is 0.251 e. The second kappa shape index (κ2) is 6.06. The first-order chi connectivity index (χ1) is 9.08. The lowest BCUT2D eigenvalue weighted by Gasteiger charge is -2.35. The van der Waals surface area contributed by atoms with Crippen molar-refractivity contribution < 1.29 is 9.53 Å². The minimum absolute atomic E-state index is 0.0235. The zero-order valence-corrected chi connectivity index (χ0v) is 11.8. The third-order valence-electron chi connectivity index (χ3n) is 3.37. The fourth-order valence-electron chi connectivity index (χ4n) is 2.17. The maximum atomic E-state index is 11.8. The van der Waals surface area contributed by atoms with Crippen LogP contribution in [0.25, 0.3) is 0 Å². The Hall–Kier alpha value is -1.55. The molecular formula is C15H22N2O2. The second-order valence-corrected chi connectivity index (χ2v) is 5.38. The normalized spacial score (nSPS) is 21.9. The summed E-state index contributed by atoms with van der Waals surface area (Å²) in [5.74, 6) is -0.0235. The Morgan fingerprint density at radius 1 is 1.26 bits per heavy atom. The van der Waals surface area contributed by atoms with E-state index in [1.54, 1.807) is 7.11 Å². The first kappa shape index (κ1) is 13.9. The minimum atomic E-state index is -0.0235. The van der Waals surface area contributed by atoms with Gasteiger partial charge in [-0.15, -0.1) is 0 Å². The number of benzene rings is 1. The molecule has 19 heavy (non-hydrogen) atoms. The van der Waals surface area contributed by atoms with Gasteiger partial charge in [-0.05, 0) is 51.0 Å². The van der Waals surface area contributed by atoms with Crippen LogP contribution in [0, 0.1) is 0 Å².